The van der Waals surface area contributed by atoms with Crippen LogP contribution in [0.5, 0.6) is 0 Å². The molecule has 18 heavy (non-hydrogen) atoms. The zero-order valence-electron chi connectivity index (χ0n) is 10.4. The van der Waals surface area contributed by atoms with Crippen molar-refractivity contribution < 1.29 is 4.74 Å². The Morgan fingerprint density at radius 1 is 1.50 bits per heavy atom. The third kappa shape index (κ3) is 3.90. The molecule has 0 amide bonds. The number of nitrogens with two attached hydrogens (primary N) is 1. The van der Waals surface area contributed by atoms with Gasteiger partial charge in [-0.1, -0.05) is 0 Å². The first-order valence-electron chi connectivity index (χ1n) is 6.28. The lowest BCUT2D eigenvalue weighted by Crippen LogP contribution is -2.08. The predicted octanol–water partition coefficient (Wildman–Crippen LogP) is 1.76. The second-order valence-electron chi connectivity index (χ2n) is 4.54. The first kappa shape index (κ1) is 12.7. The summed E-state index contributed by atoms with van der Waals surface area (Å²) >= 11 is 0. The third-order valence-electron chi connectivity index (χ3n) is 2.85. The number of ether oxygens (including phenoxy) is 1. The van der Waals surface area contributed by atoms with Crippen LogP contribution >= 0.6 is 0 Å². The number of nitrogens with one attached hydrogen (secondary N) is 1. The molecule has 0 unspecified atom stereocenters. The highest BCUT2D eigenvalue weighted by molar-refractivity contribution is 5.54. The maximum atomic E-state index is 8.80. The number of hydrogen-bond donors (Lipinski definition) is 2. The summed E-state index contributed by atoms with van der Waals surface area (Å²) in [5.74, 6) is 1.50. The summed E-state index contributed by atoms with van der Waals surface area (Å²) in [6, 6.07) is 5.44. The molecule has 1 aromatic rings. The van der Waals surface area contributed by atoms with Gasteiger partial charge in [0.25, 0.3) is 0 Å². The van der Waals surface area contributed by atoms with Crippen molar-refractivity contribution in [1.29, 1.82) is 5.26 Å². The Morgan fingerprint density at radius 3 is 3.06 bits per heavy atom. The number of rotatable bonds is 7. The van der Waals surface area contributed by atoms with Gasteiger partial charge in [-0.15, -0.1) is 0 Å². The topological polar surface area (TPSA) is 84.0 Å². The second kappa shape index (κ2) is 6.22. The highest BCUT2D eigenvalue weighted by Gasteiger charge is 2.20. The van der Waals surface area contributed by atoms with Crippen molar-refractivity contribution in [3.05, 3.63) is 17.8 Å². The van der Waals surface area contributed by atoms with Gasteiger partial charge in [-0.25, -0.2) is 4.98 Å². The molecule has 0 aliphatic heterocycles. The minimum atomic E-state index is 0.269. The Kier molecular flexibility index (Phi) is 4.37. The van der Waals surface area contributed by atoms with Gasteiger partial charge in [0, 0.05) is 19.8 Å². The quantitative estimate of drug-likeness (QED) is 0.716. The van der Waals surface area contributed by atoms with Crippen LogP contribution in [0.4, 0.5) is 11.5 Å². The van der Waals surface area contributed by atoms with Crippen LogP contribution in [-0.4, -0.2) is 24.7 Å². The zero-order chi connectivity index (χ0) is 12.8. The average Bonchev–Trinajstić information content (AvgIpc) is 3.19. The highest BCUT2D eigenvalue weighted by atomic mass is 16.5. The number of hydrogen-bond acceptors (Lipinski definition) is 5. The molecular weight excluding hydrogens is 228 g/mol. The van der Waals surface area contributed by atoms with Crippen molar-refractivity contribution in [2.75, 3.05) is 30.8 Å². The molecule has 1 fully saturated rings. The largest absolute Gasteiger partial charge is 0.396 e. The van der Waals surface area contributed by atoms with E-state index in [0.29, 0.717) is 11.5 Å². The molecule has 5 heteroatoms. The fraction of sp³-hybridized carbons (Fsp3) is 0.538. The van der Waals surface area contributed by atoms with Crippen molar-refractivity contribution >= 4 is 11.5 Å². The first-order chi connectivity index (χ1) is 8.79. The van der Waals surface area contributed by atoms with E-state index in [1.807, 2.05) is 6.07 Å². The van der Waals surface area contributed by atoms with E-state index in [1.54, 1.807) is 12.1 Å². The minimum absolute atomic E-state index is 0.269. The SMILES string of the molecule is N#Cc1nc(NCCCOCC2CC2)ccc1N. The van der Waals surface area contributed by atoms with E-state index >= 15 is 0 Å². The normalized spacial score (nSPS) is 14.2. The van der Waals surface area contributed by atoms with Crippen molar-refractivity contribution in [1.82, 2.24) is 4.98 Å². The lowest BCUT2D eigenvalue weighted by Gasteiger charge is -2.07. The highest BCUT2D eigenvalue weighted by Crippen LogP contribution is 2.28. The predicted molar refractivity (Wildman–Crippen MR) is 70.0 cm³/mol. The average molecular weight is 246 g/mol. The molecule has 1 aromatic heterocycles. The number of pyridine rings is 1. The third-order valence-corrected chi connectivity index (χ3v) is 2.85. The van der Waals surface area contributed by atoms with Gasteiger partial charge in [0.2, 0.25) is 0 Å². The number of nitriles is 1. The molecule has 1 heterocycles. The molecule has 5 nitrogen and oxygen atoms in total. The number of anilines is 2. The van der Waals surface area contributed by atoms with Gasteiger partial charge < -0.3 is 15.8 Å². The van der Waals surface area contributed by atoms with Gasteiger partial charge >= 0.3 is 0 Å². The van der Waals surface area contributed by atoms with Crippen molar-refractivity contribution in [3.8, 4) is 6.07 Å². The molecular formula is C13H18N4O. The van der Waals surface area contributed by atoms with Gasteiger partial charge in [-0.2, -0.15) is 5.26 Å². The number of aromatic nitrogens is 1. The maximum Gasteiger partial charge on any atom is 0.165 e. The minimum Gasteiger partial charge on any atom is -0.396 e. The summed E-state index contributed by atoms with van der Waals surface area (Å²) < 4.78 is 5.53. The van der Waals surface area contributed by atoms with E-state index in [4.69, 9.17) is 15.7 Å². The molecule has 1 aliphatic carbocycles. The molecule has 0 spiro atoms. The van der Waals surface area contributed by atoms with Gasteiger partial charge in [0.1, 0.15) is 11.9 Å². The van der Waals surface area contributed by atoms with Crippen LogP contribution in [0.25, 0.3) is 0 Å². The van der Waals surface area contributed by atoms with Gasteiger partial charge in [-0.3, -0.25) is 0 Å². The molecule has 2 rings (SSSR count). The Balaban J connectivity index is 1.64. The van der Waals surface area contributed by atoms with Gasteiger partial charge in [-0.05, 0) is 37.3 Å². The van der Waals surface area contributed by atoms with Crippen LogP contribution < -0.4 is 11.1 Å². The van der Waals surface area contributed by atoms with E-state index in [0.717, 1.165) is 32.1 Å². The van der Waals surface area contributed by atoms with Gasteiger partial charge in [0.05, 0.1) is 5.69 Å². The van der Waals surface area contributed by atoms with E-state index in [2.05, 4.69) is 10.3 Å². The Labute approximate surface area is 107 Å². The molecule has 0 aromatic carbocycles. The fourth-order valence-electron chi connectivity index (χ4n) is 1.58. The summed E-state index contributed by atoms with van der Waals surface area (Å²) in [5, 5.41) is 12.0. The van der Waals surface area contributed by atoms with Crippen LogP contribution in [0, 0.1) is 17.2 Å². The number of nitrogens with zero attached hydrogens (tertiary/aromatic N) is 2. The lowest BCUT2D eigenvalue weighted by molar-refractivity contribution is 0.124. The number of nitrogen functional groups attached to an aromatic ring is 1. The smallest absolute Gasteiger partial charge is 0.165 e. The fourth-order valence-corrected chi connectivity index (χ4v) is 1.58. The van der Waals surface area contributed by atoms with E-state index in [-0.39, 0.29) is 5.69 Å². The van der Waals surface area contributed by atoms with Crippen molar-refractivity contribution in [2.45, 2.75) is 19.3 Å². The van der Waals surface area contributed by atoms with Gasteiger partial charge in [0.15, 0.2) is 5.69 Å². The second-order valence-corrected chi connectivity index (χ2v) is 4.54. The summed E-state index contributed by atoms with van der Waals surface area (Å²) in [7, 11) is 0. The summed E-state index contributed by atoms with van der Waals surface area (Å²) in [5.41, 5.74) is 6.28. The van der Waals surface area contributed by atoms with Crippen molar-refractivity contribution in [3.63, 3.8) is 0 Å². The van der Waals surface area contributed by atoms with Crippen LogP contribution in [0.3, 0.4) is 0 Å². The molecule has 1 aliphatic rings. The van der Waals surface area contributed by atoms with Crippen LogP contribution in [0.1, 0.15) is 25.0 Å². The Bertz CT molecular complexity index is 437. The van der Waals surface area contributed by atoms with E-state index < -0.39 is 0 Å². The molecule has 0 bridgehead atoms. The zero-order valence-corrected chi connectivity index (χ0v) is 10.4. The molecule has 1 saturated carbocycles. The molecule has 0 atom stereocenters. The first-order valence-corrected chi connectivity index (χ1v) is 6.28. The maximum absolute atomic E-state index is 8.80. The van der Waals surface area contributed by atoms with Crippen LogP contribution in [0.15, 0.2) is 12.1 Å². The summed E-state index contributed by atoms with van der Waals surface area (Å²) in [6.45, 7) is 2.45. The molecule has 0 saturated heterocycles. The molecule has 96 valence electrons. The monoisotopic (exact) mass is 246 g/mol. The van der Waals surface area contributed by atoms with Crippen LogP contribution in [-0.2, 0) is 4.74 Å². The summed E-state index contributed by atoms with van der Waals surface area (Å²) in [4.78, 5) is 4.11. The molecule has 3 N–H and O–H groups in total. The standard InChI is InChI=1S/C13H18N4O/c14-8-12-11(15)4-5-13(17-12)16-6-1-7-18-9-10-2-3-10/h4-5,10H,1-3,6-7,9,15H2,(H,16,17). The molecule has 0 radical (unpaired) electrons. The summed E-state index contributed by atoms with van der Waals surface area (Å²) in [6.07, 6.45) is 3.58. The van der Waals surface area contributed by atoms with E-state index in [9.17, 15) is 0 Å². The Morgan fingerprint density at radius 2 is 2.33 bits per heavy atom. The van der Waals surface area contributed by atoms with Crippen molar-refractivity contribution in [2.24, 2.45) is 5.92 Å². The van der Waals surface area contributed by atoms with Crippen LogP contribution in [0.2, 0.25) is 0 Å². The lowest BCUT2D eigenvalue weighted by atomic mass is 10.3. The van der Waals surface area contributed by atoms with E-state index in [1.165, 1.54) is 12.8 Å². The Hall–Kier alpha value is -1.80.